The number of phenols is 1. The lowest BCUT2D eigenvalue weighted by atomic mass is 10.2. The van der Waals surface area contributed by atoms with E-state index in [1.165, 1.54) is 6.07 Å². The molecule has 2 N–H and O–H groups in total. The van der Waals surface area contributed by atoms with Crippen LogP contribution in [-0.4, -0.2) is 16.8 Å². The van der Waals surface area contributed by atoms with Crippen LogP contribution in [0.1, 0.15) is 20.8 Å². The van der Waals surface area contributed by atoms with Gasteiger partial charge in [-0.3, -0.25) is 5.32 Å². The number of aromatic hydroxyl groups is 1. The van der Waals surface area contributed by atoms with Gasteiger partial charge in [0.25, 0.3) is 0 Å². The predicted octanol–water partition coefficient (Wildman–Crippen LogP) is 3.53. The Bertz CT molecular complexity index is 443. The van der Waals surface area contributed by atoms with Gasteiger partial charge < -0.3 is 9.84 Å². The monoisotopic (exact) mass is 261 g/mol. The quantitative estimate of drug-likeness (QED) is 0.760. The molecule has 0 saturated carbocycles. The number of carbonyl (C=O) groups excluding carboxylic acids is 1. The van der Waals surface area contributed by atoms with Crippen molar-refractivity contribution < 1.29 is 19.0 Å². The molecule has 0 unspecified atom stereocenters. The Labute approximate surface area is 103 Å². The van der Waals surface area contributed by atoms with Gasteiger partial charge >= 0.3 is 6.09 Å². The number of rotatable bonds is 1. The van der Waals surface area contributed by atoms with E-state index in [0.29, 0.717) is 0 Å². The number of benzene rings is 1. The van der Waals surface area contributed by atoms with Crippen LogP contribution in [0, 0.1) is 5.82 Å². The molecule has 0 saturated heterocycles. The first-order valence-corrected chi connectivity index (χ1v) is 5.25. The van der Waals surface area contributed by atoms with Crippen molar-refractivity contribution in [1.82, 2.24) is 0 Å². The number of phenolic OH excluding ortho intramolecular Hbond substituents is 1. The minimum atomic E-state index is -0.913. The molecule has 0 heterocycles. The molecule has 0 aliphatic rings. The maximum atomic E-state index is 13.1. The van der Waals surface area contributed by atoms with Gasteiger partial charge in [0.05, 0.1) is 5.69 Å². The summed E-state index contributed by atoms with van der Waals surface area (Å²) in [5.74, 6) is -1.59. The number of nitrogens with one attached hydrogen (secondary N) is 1. The molecule has 0 aliphatic carbocycles. The van der Waals surface area contributed by atoms with Crippen molar-refractivity contribution in [2.24, 2.45) is 0 Å². The highest BCUT2D eigenvalue weighted by molar-refractivity contribution is 6.31. The third kappa shape index (κ3) is 4.11. The van der Waals surface area contributed by atoms with E-state index in [-0.39, 0.29) is 10.7 Å². The highest BCUT2D eigenvalue weighted by atomic mass is 35.5. The molecule has 17 heavy (non-hydrogen) atoms. The molecule has 94 valence electrons. The minimum Gasteiger partial charge on any atom is -0.503 e. The van der Waals surface area contributed by atoms with Crippen molar-refractivity contribution in [1.29, 1.82) is 0 Å². The van der Waals surface area contributed by atoms with Crippen molar-refractivity contribution in [2.45, 2.75) is 26.4 Å². The van der Waals surface area contributed by atoms with Crippen LogP contribution in [0.15, 0.2) is 12.1 Å². The van der Waals surface area contributed by atoms with Crippen molar-refractivity contribution >= 4 is 23.4 Å². The normalized spacial score (nSPS) is 11.1. The lowest BCUT2D eigenvalue weighted by molar-refractivity contribution is 0.0635. The van der Waals surface area contributed by atoms with Crippen LogP contribution in [-0.2, 0) is 4.74 Å². The molecule has 0 aliphatic heterocycles. The molecule has 0 atom stereocenters. The second-order valence-corrected chi connectivity index (χ2v) is 4.85. The summed E-state index contributed by atoms with van der Waals surface area (Å²) in [4.78, 5) is 11.4. The molecule has 0 aromatic heterocycles. The summed E-state index contributed by atoms with van der Waals surface area (Å²) in [5, 5.41) is 11.6. The minimum absolute atomic E-state index is 0.0614. The molecule has 4 nitrogen and oxygen atoms in total. The largest absolute Gasteiger partial charge is 0.503 e. The van der Waals surface area contributed by atoms with Crippen LogP contribution in [0.3, 0.4) is 0 Å². The van der Waals surface area contributed by atoms with E-state index < -0.39 is 23.3 Å². The average Bonchev–Trinajstić information content (AvgIpc) is 2.10. The fourth-order valence-corrected chi connectivity index (χ4v) is 1.28. The van der Waals surface area contributed by atoms with Crippen LogP contribution in [0.5, 0.6) is 5.75 Å². The Kier molecular flexibility index (Phi) is 3.83. The van der Waals surface area contributed by atoms with Crippen molar-refractivity contribution in [3.05, 3.63) is 23.0 Å². The van der Waals surface area contributed by atoms with Gasteiger partial charge in [0.2, 0.25) is 0 Å². The summed E-state index contributed by atoms with van der Waals surface area (Å²) in [6.07, 6.45) is -0.797. The van der Waals surface area contributed by atoms with Crippen molar-refractivity contribution in [3.63, 3.8) is 0 Å². The molecule has 0 fully saturated rings. The Morgan fingerprint density at radius 1 is 1.47 bits per heavy atom. The van der Waals surface area contributed by atoms with Gasteiger partial charge in [0, 0.05) is 5.02 Å². The Morgan fingerprint density at radius 3 is 2.59 bits per heavy atom. The first-order chi connectivity index (χ1) is 7.69. The molecule has 6 heteroatoms. The van der Waals surface area contributed by atoms with Gasteiger partial charge in [-0.25, -0.2) is 9.18 Å². The molecule has 1 amide bonds. The van der Waals surface area contributed by atoms with E-state index >= 15 is 0 Å². The summed E-state index contributed by atoms with van der Waals surface area (Å²) >= 11 is 5.60. The van der Waals surface area contributed by atoms with Crippen LogP contribution in [0.2, 0.25) is 5.02 Å². The molecule has 0 radical (unpaired) electrons. The number of anilines is 1. The zero-order valence-electron chi connectivity index (χ0n) is 9.67. The Hall–Kier alpha value is -1.49. The Morgan fingerprint density at radius 2 is 2.06 bits per heavy atom. The number of hydrogen-bond donors (Lipinski definition) is 2. The standard InChI is InChI=1S/C11H13ClFNO3/c1-11(2,3)17-10(16)14-8-5-6(12)4-7(13)9(8)15/h4-5,15H,1-3H3,(H,14,16). The van der Waals surface area contributed by atoms with Crippen molar-refractivity contribution in [2.75, 3.05) is 5.32 Å². The molecule has 0 spiro atoms. The molecule has 0 bridgehead atoms. The third-order valence-electron chi connectivity index (χ3n) is 1.66. The molecular formula is C11H13ClFNO3. The van der Waals surface area contributed by atoms with E-state index in [9.17, 15) is 14.3 Å². The summed E-state index contributed by atoms with van der Waals surface area (Å²) < 4.78 is 18.1. The second kappa shape index (κ2) is 4.79. The van der Waals surface area contributed by atoms with Crippen molar-refractivity contribution in [3.8, 4) is 5.75 Å². The SMILES string of the molecule is CC(C)(C)OC(=O)Nc1cc(Cl)cc(F)c1O. The topological polar surface area (TPSA) is 58.6 Å². The summed E-state index contributed by atoms with van der Waals surface area (Å²) in [5.41, 5.74) is -0.819. The fraction of sp³-hybridized carbons (Fsp3) is 0.364. The van der Waals surface area contributed by atoms with E-state index in [2.05, 4.69) is 5.32 Å². The first-order valence-electron chi connectivity index (χ1n) is 4.87. The van der Waals surface area contributed by atoms with Gasteiger partial charge in [-0.1, -0.05) is 11.6 Å². The Balaban J connectivity index is 2.85. The van der Waals surface area contributed by atoms with Crippen LogP contribution < -0.4 is 5.32 Å². The number of halogens is 2. The summed E-state index contributed by atoms with van der Waals surface area (Å²) in [7, 11) is 0. The predicted molar refractivity (Wildman–Crippen MR) is 62.9 cm³/mol. The smallest absolute Gasteiger partial charge is 0.412 e. The fourth-order valence-electron chi connectivity index (χ4n) is 1.07. The van der Waals surface area contributed by atoms with E-state index in [0.717, 1.165) is 6.07 Å². The summed E-state index contributed by atoms with van der Waals surface area (Å²) in [6.45, 7) is 5.06. The second-order valence-electron chi connectivity index (χ2n) is 4.41. The van der Waals surface area contributed by atoms with Crippen LogP contribution in [0.4, 0.5) is 14.9 Å². The highest BCUT2D eigenvalue weighted by Crippen LogP contribution is 2.30. The van der Waals surface area contributed by atoms with Gasteiger partial charge in [-0.2, -0.15) is 0 Å². The highest BCUT2D eigenvalue weighted by Gasteiger charge is 2.18. The molecular weight excluding hydrogens is 249 g/mol. The number of amides is 1. The van der Waals surface area contributed by atoms with Gasteiger partial charge in [-0.15, -0.1) is 0 Å². The van der Waals surface area contributed by atoms with Crippen LogP contribution in [0.25, 0.3) is 0 Å². The van der Waals surface area contributed by atoms with Gasteiger partial charge in [-0.05, 0) is 32.9 Å². The lowest BCUT2D eigenvalue weighted by Gasteiger charge is -2.20. The summed E-state index contributed by atoms with van der Waals surface area (Å²) in [6, 6.07) is 2.17. The third-order valence-corrected chi connectivity index (χ3v) is 1.88. The van der Waals surface area contributed by atoms with Gasteiger partial charge in [0.15, 0.2) is 11.6 Å². The first kappa shape index (κ1) is 13.6. The molecule has 1 aromatic carbocycles. The maximum Gasteiger partial charge on any atom is 0.412 e. The molecule has 1 rings (SSSR count). The van der Waals surface area contributed by atoms with Gasteiger partial charge in [0.1, 0.15) is 5.60 Å². The van der Waals surface area contributed by atoms with E-state index in [4.69, 9.17) is 16.3 Å². The number of carbonyl (C=O) groups is 1. The molecule has 1 aromatic rings. The zero-order chi connectivity index (χ0) is 13.2. The van der Waals surface area contributed by atoms with E-state index in [1.807, 2.05) is 0 Å². The maximum absolute atomic E-state index is 13.1. The lowest BCUT2D eigenvalue weighted by Crippen LogP contribution is -2.27. The van der Waals surface area contributed by atoms with Crippen LogP contribution >= 0.6 is 11.6 Å². The number of hydrogen-bond acceptors (Lipinski definition) is 3. The zero-order valence-corrected chi connectivity index (χ0v) is 10.4. The number of ether oxygens (including phenoxy) is 1. The van der Waals surface area contributed by atoms with E-state index in [1.54, 1.807) is 20.8 Å². The average molecular weight is 262 g/mol.